The van der Waals surface area contributed by atoms with Crippen molar-refractivity contribution in [2.75, 3.05) is 16.8 Å². The largest absolute Gasteiger partial charge is 0.370 e. The lowest BCUT2D eigenvalue weighted by Crippen LogP contribution is -2.11. The van der Waals surface area contributed by atoms with E-state index >= 15 is 0 Å². The van der Waals surface area contributed by atoms with Crippen LogP contribution in [-0.2, 0) is 10.5 Å². The van der Waals surface area contributed by atoms with Crippen LogP contribution in [0.3, 0.4) is 0 Å². The van der Waals surface area contributed by atoms with Crippen molar-refractivity contribution in [1.82, 2.24) is 15.0 Å². The third-order valence-electron chi connectivity index (χ3n) is 2.52. The van der Waals surface area contributed by atoms with Crippen LogP contribution in [0.15, 0.2) is 24.3 Å². The second-order valence-corrected chi connectivity index (χ2v) is 5.44. The maximum absolute atomic E-state index is 12.9. The van der Waals surface area contributed by atoms with Crippen LogP contribution in [0.5, 0.6) is 0 Å². The SMILES string of the molecule is NC(=O)CCSCc1nc(N)nc(Nc2ccc(F)cc2)n1. The number of amides is 1. The van der Waals surface area contributed by atoms with Crippen LogP contribution in [0.2, 0.25) is 0 Å². The Labute approximate surface area is 130 Å². The smallest absolute Gasteiger partial charge is 0.232 e. The summed E-state index contributed by atoms with van der Waals surface area (Å²) < 4.78 is 12.9. The van der Waals surface area contributed by atoms with Crippen LogP contribution in [-0.4, -0.2) is 26.6 Å². The molecule has 0 aliphatic rings. The van der Waals surface area contributed by atoms with Gasteiger partial charge in [-0.2, -0.15) is 26.7 Å². The van der Waals surface area contributed by atoms with Crippen molar-refractivity contribution >= 4 is 35.3 Å². The Balaban J connectivity index is 2.00. The first-order valence-electron chi connectivity index (χ1n) is 6.42. The predicted molar refractivity (Wildman–Crippen MR) is 83.9 cm³/mol. The molecule has 0 radical (unpaired) electrons. The highest BCUT2D eigenvalue weighted by molar-refractivity contribution is 7.98. The van der Waals surface area contributed by atoms with E-state index in [0.29, 0.717) is 29.4 Å². The molecule has 1 aromatic carbocycles. The van der Waals surface area contributed by atoms with E-state index < -0.39 is 0 Å². The van der Waals surface area contributed by atoms with Crippen LogP contribution < -0.4 is 16.8 Å². The molecule has 0 saturated carbocycles. The van der Waals surface area contributed by atoms with E-state index in [4.69, 9.17) is 11.5 Å². The van der Waals surface area contributed by atoms with Crippen molar-refractivity contribution in [1.29, 1.82) is 0 Å². The molecule has 0 atom stereocenters. The number of hydrogen-bond acceptors (Lipinski definition) is 7. The van der Waals surface area contributed by atoms with E-state index in [1.807, 2.05) is 0 Å². The molecule has 0 fully saturated rings. The number of nitrogens with one attached hydrogen (secondary N) is 1. The van der Waals surface area contributed by atoms with Gasteiger partial charge in [-0.1, -0.05) is 0 Å². The summed E-state index contributed by atoms with van der Waals surface area (Å²) in [5, 5.41) is 2.93. The second kappa shape index (κ2) is 7.55. The molecule has 1 amide bonds. The molecule has 0 aliphatic heterocycles. The molecule has 1 heterocycles. The van der Waals surface area contributed by atoms with E-state index in [0.717, 1.165) is 0 Å². The molecule has 0 saturated heterocycles. The second-order valence-electron chi connectivity index (χ2n) is 4.33. The highest BCUT2D eigenvalue weighted by Gasteiger charge is 2.06. The summed E-state index contributed by atoms with van der Waals surface area (Å²) in [6.45, 7) is 0. The molecule has 0 unspecified atom stereocenters. The van der Waals surface area contributed by atoms with Gasteiger partial charge < -0.3 is 16.8 Å². The van der Waals surface area contributed by atoms with Gasteiger partial charge in [0.2, 0.25) is 17.8 Å². The van der Waals surface area contributed by atoms with Crippen LogP contribution in [0.25, 0.3) is 0 Å². The summed E-state index contributed by atoms with van der Waals surface area (Å²) >= 11 is 1.47. The first kappa shape index (κ1) is 16.0. The first-order chi connectivity index (χ1) is 10.5. The predicted octanol–water partition coefficient (Wildman–Crippen LogP) is 1.45. The molecule has 1 aromatic heterocycles. The number of benzene rings is 1. The Kier molecular flexibility index (Phi) is 5.48. The standard InChI is InChI=1S/C13H15FN6OS/c14-8-1-3-9(4-2-8)17-13-19-11(18-12(16)20-13)7-22-6-5-10(15)21/h1-4H,5-7H2,(H2,15,21)(H3,16,17,18,19,20). The minimum absolute atomic E-state index is 0.0881. The lowest BCUT2D eigenvalue weighted by Gasteiger charge is -2.07. The van der Waals surface area contributed by atoms with E-state index in [9.17, 15) is 9.18 Å². The molecule has 0 spiro atoms. The van der Waals surface area contributed by atoms with Gasteiger partial charge in [-0.05, 0) is 24.3 Å². The number of thioether (sulfide) groups is 1. The molecular formula is C13H15FN6OS. The van der Waals surface area contributed by atoms with Gasteiger partial charge in [-0.15, -0.1) is 0 Å². The Morgan fingerprint density at radius 3 is 2.64 bits per heavy atom. The fourth-order valence-electron chi connectivity index (χ4n) is 1.56. The fraction of sp³-hybridized carbons (Fsp3) is 0.231. The zero-order valence-corrected chi connectivity index (χ0v) is 12.4. The highest BCUT2D eigenvalue weighted by atomic mass is 32.2. The van der Waals surface area contributed by atoms with Gasteiger partial charge in [0.1, 0.15) is 11.6 Å². The molecular weight excluding hydrogens is 307 g/mol. The van der Waals surface area contributed by atoms with Crippen LogP contribution >= 0.6 is 11.8 Å². The summed E-state index contributed by atoms with van der Waals surface area (Å²) in [7, 11) is 0. The van der Waals surface area contributed by atoms with Gasteiger partial charge in [0.25, 0.3) is 0 Å². The third kappa shape index (κ3) is 5.17. The summed E-state index contributed by atoms with van der Waals surface area (Å²) in [5.74, 6) is 1.26. The van der Waals surface area contributed by atoms with E-state index in [1.54, 1.807) is 12.1 Å². The van der Waals surface area contributed by atoms with E-state index in [2.05, 4.69) is 20.3 Å². The van der Waals surface area contributed by atoms with Crippen molar-refractivity contribution in [3.63, 3.8) is 0 Å². The lowest BCUT2D eigenvalue weighted by atomic mass is 10.3. The molecule has 0 bridgehead atoms. The maximum Gasteiger partial charge on any atom is 0.232 e. The molecule has 9 heteroatoms. The number of nitrogen functional groups attached to an aromatic ring is 1. The number of nitrogens with zero attached hydrogens (tertiary/aromatic N) is 3. The Bertz CT molecular complexity index is 651. The number of anilines is 3. The van der Waals surface area contributed by atoms with Crippen LogP contribution in [0, 0.1) is 5.82 Å². The van der Waals surface area contributed by atoms with Gasteiger partial charge in [0.05, 0.1) is 5.75 Å². The Morgan fingerprint density at radius 1 is 1.23 bits per heavy atom. The number of primary amides is 1. The normalized spacial score (nSPS) is 10.4. The van der Waals surface area contributed by atoms with Gasteiger partial charge >= 0.3 is 0 Å². The summed E-state index contributed by atoms with van der Waals surface area (Å²) in [6, 6.07) is 5.79. The molecule has 22 heavy (non-hydrogen) atoms. The molecule has 0 aliphatic carbocycles. The Hall–Kier alpha value is -2.42. The average molecular weight is 322 g/mol. The molecule has 2 rings (SSSR count). The molecule has 2 aromatic rings. The topological polar surface area (TPSA) is 120 Å². The number of nitrogens with two attached hydrogens (primary N) is 2. The van der Waals surface area contributed by atoms with Gasteiger partial charge in [0.15, 0.2) is 0 Å². The number of carbonyl (C=O) groups is 1. The lowest BCUT2D eigenvalue weighted by molar-refractivity contribution is -0.117. The quantitative estimate of drug-likeness (QED) is 0.660. The number of aromatic nitrogens is 3. The fourth-order valence-corrected chi connectivity index (χ4v) is 2.36. The molecule has 5 N–H and O–H groups in total. The average Bonchev–Trinajstić information content (AvgIpc) is 2.45. The first-order valence-corrected chi connectivity index (χ1v) is 7.57. The minimum atomic E-state index is -0.346. The third-order valence-corrected chi connectivity index (χ3v) is 3.48. The summed E-state index contributed by atoms with van der Waals surface area (Å²) in [6.07, 6.45) is 0.298. The van der Waals surface area contributed by atoms with E-state index in [1.165, 1.54) is 23.9 Å². The Morgan fingerprint density at radius 2 is 1.95 bits per heavy atom. The van der Waals surface area contributed by atoms with Crippen molar-refractivity contribution in [3.8, 4) is 0 Å². The maximum atomic E-state index is 12.9. The monoisotopic (exact) mass is 322 g/mol. The van der Waals surface area contributed by atoms with Crippen molar-refractivity contribution < 1.29 is 9.18 Å². The van der Waals surface area contributed by atoms with Crippen molar-refractivity contribution in [2.24, 2.45) is 5.73 Å². The minimum Gasteiger partial charge on any atom is -0.370 e. The van der Waals surface area contributed by atoms with Crippen LogP contribution in [0.1, 0.15) is 12.2 Å². The molecule has 116 valence electrons. The number of rotatable bonds is 7. The zero-order chi connectivity index (χ0) is 15.9. The number of carbonyl (C=O) groups excluding carboxylic acids is 1. The summed E-state index contributed by atoms with van der Waals surface area (Å²) in [5.41, 5.74) is 11.3. The van der Waals surface area contributed by atoms with Crippen molar-refractivity contribution in [2.45, 2.75) is 12.2 Å². The number of hydrogen-bond donors (Lipinski definition) is 3. The van der Waals surface area contributed by atoms with E-state index in [-0.39, 0.29) is 23.6 Å². The zero-order valence-electron chi connectivity index (χ0n) is 11.6. The van der Waals surface area contributed by atoms with Gasteiger partial charge in [-0.3, -0.25) is 4.79 Å². The molecule has 7 nitrogen and oxygen atoms in total. The summed E-state index contributed by atoms with van der Waals surface area (Å²) in [4.78, 5) is 22.9. The van der Waals surface area contributed by atoms with Crippen LogP contribution in [0.4, 0.5) is 22.0 Å². The highest BCUT2D eigenvalue weighted by Crippen LogP contribution is 2.16. The number of halogens is 1. The van der Waals surface area contributed by atoms with Gasteiger partial charge in [-0.25, -0.2) is 4.39 Å². The van der Waals surface area contributed by atoms with Gasteiger partial charge in [0, 0.05) is 17.9 Å². The van der Waals surface area contributed by atoms with Crippen molar-refractivity contribution in [3.05, 3.63) is 35.9 Å².